The third-order valence-electron chi connectivity index (χ3n) is 9.78. The monoisotopic (exact) mass is 714 g/mol. The van der Waals surface area contributed by atoms with E-state index < -0.39 is 12.0 Å². The molecule has 1 fully saturated rings. The first-order chi connectivity index (χ1) is 25.4. The van der Waals surface area contributed by atoms with Crippen molar-refractivity contribution in [2.24, 2.45) is 0 Å². The molecule has 3 aromatic carbocycles. The Kier molecular flexibility index (Phi) is 10.7. The summed E-state index contributed by atoms with van der Waals surface area (Å²) in [4.78, 5) is 27.8. The Morgan fingerprint density at radius 1 is 1.04 bits per heavy atom. The summed E-state index contributed by atoms with van der Waals surface area (Å²) >= 11 is 6.85. The second-order valence-corrected chi connectivity index (χ2v) is 13.6. The van der Waals surface area contributed by atoms with Crippen LogP contribution in [0.5, 0.6) is 11.5 Å². The number of ether oxygens (including phenoxy) is 2. The summed E-state index contributed by atoms with van der Waals surface area (Å²) in [6.07, 6.45) is 10.5. The molecule has 2 N–H and O–H groups in total. The third-order valence-corrected chi connectivity index (χ3v) is 10.1. The highest BCUT2D eigenvalue weighted by atomic mass is 35.5. The molecule has 0 bridgehead atoms. The molecule has 0 saturated carbocycles. The summed E-state index contributed by atoms with van der Waals surface area (Å²) in [6, 6.07) is 19.2. The van der Waals surface area contributed by atoms with Gasteiger partial charge in [-0.2, -0.15) is 5.26 Å². The van der Waals surface area contributed by atoms with E-state index in [1.165, 1.54) is 11.8 Å². The van der Waals surface area contributed by atoms with Crippen molar-refractivity contribution in [3.05, 3.63) is 118 Å². The number of hydrogen-bond acceptors (Lipinski definition) is 9. The fourth-order valence-corrected chi connectivity index (χ4v) is 7.15. The van der Waals surface area contributed by atoms with E-state index in [2.05, 4.69) is 52.6 Å². The van der Waals surface area contributed by atoms with Crippen molar-refractivity contribution in [1.82, 2.24) is 25.2 Å². The minimum atomic E-state index is -0.832. The number of carbonyl (C=O) groups is 1. The standard InChI is InChI=1S/C41H39ClN6O4/c1-26-31(5-4-6-33(26)30-8-9-35-36(17-30)47-37(22-46-35)29-10-12-44-13-11-29)25-52-40-18-39(51-24-28-15-27(19-43)20-45-21-28)32(16-34(40)42)23-48-14-3-2-7-38(48)41(49)50/h4-6,8-10,15-18,20-22,38,44H,2-3,7,11-14,23-25H2,1H3,(H,49,50)/t38-/m0/s1. The molecule has 11 heteroatoms. The molecule has 10 nitrogen and oxygen atoms in total. The number of nitrogens with one attached hydrogen (secondary N) is 1. The van der Waals surface area contributed by atoms with Gasteiger partial charge in [-0.05, 0) is 91.4 Å². The van der Waals surface area contributed by atoms with Gasteiger partial charge in [0.2, 0.25) is 0 Å². The molecular formula is C41H39ClN6O4. The summed E-state index contributed by atoms with van der Waals surface area (Å²) in [5.74, 6) is 0.142. The molecule has 7 rings (SSSR count). The van der Waals surface area contributed by atoms with Crippen LogP contribution in [-0.2, 0) is 24.6 Å². The van der Waals surface area contributed by atoms with Crippen molar-refractivity contribution in [3.8, 4) is 28.7 Å². The Hall–Kier alpha value is -5.34. The number of likely N-dealkylation sites (tertiary alicyclic amines) is 1. The zero-order valence-corrected chi connectivity index (χ0v) is 29.7. The van der Waals surface area contributed by atoms with E-state index in [1.54, 1.807) is 24.4 Å². The molecule has 0 unspecified atom stereocenters. The van der Waals surface area contributed by atoms with Crippen LogP contribution in [0.4, 0.5) is 0 Å². The predicted molar refractivity (Wildman–Crippen MR) is 200 cm³/mol. The number of halogens is 1. The summed E-state index contributed by atoms with van der Waals surface area (Å²) < 4.78 is 12.7. The summed E-state index contributed by atoms with van der Waals surface area (Å²) in [5, 5.41) is 23.0. The first-order valence-corrected chi connectivity index (χ1v) is 17.9. The number of nitrogens with zero attached hydrogens (tertiary/aromatic N) is 5. The number of aromatic nitrogens is 3. The molecule has 2 aromatic heterocycles. The fraction of sp³-hybridized carbons (Fsp3) is 0.293. The van der Waals surface area contributed by atoms with Crippen LogP contribution < -0.4 is 14.8 Å². The van der Waals surface area contributed by atoms with Gasteiger partial charge in [-0.1, -0.05) is 48.4 Å². The number of benzene rings is 3. The number of pyridine rings is 1. The van der Waals surface area contributed by atoms with Crippen LogP contribution in [0.25, 0.3) is 27.7 Å². The van der Waals surface area contributed by atoms with Gasteiger partial charge in [-0.25, -0.2) is 4.98 Å². The van der Waals surface area contributed by atoms with Crippen LogP contribution in [-0.4, -0.2) is 56.6 Å². The van der Waals surface area contributed by atoms with E-state index in [1.807, 2.05) is 29.3 Å². The van der Waals surface area contributed by atoms with Gasteiger partial charge in [0.1, 0.15) is 36.8 Å². The Bertz CT molecular complexity index is 2200. The van der Waals surface area contributed by atoms with Crippen LogP contribution >= 0.6 is 11.6 Å². The van der Waals surface area contributed by atoms with Gasteiger partial charge in [-0.15, -0.1) is 0 Å². The van der Waals surface area contributed by atoms with Crippen molar-refractivity contribution < 1.29 is 19.4 Å². The zero-order valence-electron chi connectivity index (χ0n) is 28.9. The highest BCUT2D eigenvalue weighted by Gasteiger charge is 2.29. The second-order valence-electron chi connectivity index (χ2n) is 13.2. The highest BCUT2D eigenvalue weighted by Crippen LogP contribution is 2.36. The predicted octanol–water partition coefficient (Wildman–Crippen LogP) is 7.50. The topological polar surface area (TPSA) is 133 Å². The third kappa shape index (κ3) is 7.92. The van der Waals surface area contributed by atoms with Crippen molar-refractivity contribution in [1.29, 1.82) is 5.26 Å². The van der Waals surface area contributed by atoms with Crippen molar-refractivity contribution in [3.63, 3.8) is 0 Å². The molecule has 4 heterocycles. The summed E-state index contributed by atoms with van der Waals surface area (Å²) in [5.41, 5.74) is 9.95. The minimum Gasteiger partial charge on any atom is -0.488 e. The maximum Gasteiger partial charge on any atom is 0.320 e. The Morgan fingerprint density at radius 3 is 2.75 bits per heavy atom. The van der Waals surface area contributed by atoms with Gasteiger partial charge in [0, 0.05) is 42.7 Å². The van der Waals surface area contributed by atoms with Crippen LogP contribution in [0, 0.1) is 18.3 Å². The number of carboxylic acid groups (broad SMARTS) is 1. The maximum absolute atomic E-state index is 12.1. The normalized spacial score (nSPS) is 16.2. The van der Waals surface area contributed by atoms with Crippen LogP contribution in [0.1, 0.15) is 59.2 Å². The van der Waals surface area contributed by atoms with E-state index in [0.29, 0.717) is 41.6 Å². The number of hydrogen-bond donors (Lipinski definition) is 2. The van der Waals surface area contributed by atoms with Gasteiger partial charge in [0.25, 0.3) is 0 Å². The van der Waals surface area contributed by atoms with E-state index >= 15 is 0 Å². The summed E-state index contributed by atoms with van der Waals surface area (Å²) in [7, 11) is 0. The van der Waals surface area contributed by atoms with Gasteiger partial charge < -0.3 is 19.9 Å². The zero-order chi connectivity index (χ0) is 36.0. The number of carboxylic acids is 1. The van der Waals surface area contributed by atoms with Crippen LogP contribution in [0.3, 0.4) is 0 Å². The number of rotatable bonds is 11. The minimum absolute atomic E-state index is 0.159. The average Bonchev–Trinajstić information content (AvgIpc) is 3.17. The number of piperidine rings is 1. The van der Waals surface area contributed by atoms with Gasteiger partial charge in [0.15, 0.2) is 0 Å². The van der Waals surface area contributed by atoms with Crippen molar-refractivity contribution in [2.45, 2.75) is 58.4 Å². The van der Waals surface area contributed by atoms with Gasteiger partial charge in [0.05, 0.1) is 33.5 Å². The molecule has 5 aromatic rings. The highest BCUT2D eigenvalue weighted by molar-refractivity contribution is 6.32. The largest absolute Gasteiger partial charge is 0.488 e. The molecule has 1 saturated heterocycles. The molecule has 0 spiro atoms. The second kappa shape index (κ2) is 15.9. The van der Waals surface area contributed by atoms with Crippen molar-refractivity contribution in [2.75, 3.05) is 19.6 Å². The fourth-order valence-electron chi connectivity index (χ4n) is 6.91. The van der Waals surface area contributed by atoms with Crippen molar-refractivity contribution >= 4 is 34.2 Å². The molecule has 264 valence electrons. The van der Waals surface area contributed by atoms with Crippen LogP contribution in [0.2, 0.25) is 5.02 Å². The smallest absolute Gasteiger partial charge is 0.320 e. The lowest BCUT2D eigenvalue weighted by atomic mass is 9.96. The lowest BCUT2D eigenvalue weighted by molar-refractivity contribution is -0.144. The van der Waals surface area contributed by atoms with Gasteiger partial charge in [-0.3, -0.25) is 19.7 Å². The average molecular weight is 715 g/mol. The number of nitriles is 1. The number of aliphatic carboxylic acids is 1. The molecule has 0 amide bonds. The Labute approximate surface area is 307 Å². The van der Waals surface area contributed by atoms with E-state index in [9.17, 15) is 15.2 Å². The Balaban J connectivity index is 1.14. The lowest BCUT2D eigenvalue weighted by Gasteiger charge is -2.33. The lowest BCUT2D eigenvalue weighted by Crippen LogP contribution is -2.44. The molecule has 2 aliphatic rings. The maximum atomic E-state index is 12.1. The first-order valence-electron chi connectivity index (χ1n) is 17.5. The Morgan fingerprint density at radius 2 is 1.92 bits per heavy atom. The van der Waals surface area contributed by atoms with E-state index in [-0.39, 0.29) is 13.2 Å². The molecule has 2 aliphatic heterocycles. The quantitative estimate of drug-likeness (QED) is 0.142. The van der Waals surface area contributed by atoms with E-state index in [4.69, 9.17) is 26.1 Å². The molecule has 0 radical (unpaired) electrons. The molecular weight excluding hydrogens is 676 g/mol. The first kappa shape index (κ1) is 35.1. The number of fused-ring (bicyclic) bond motifs is 1. The summed E-state index contributed by atoms with van der Waals surface area (Å²) in [6.45, 7) is 5.30. The molecule has 1 atom stereocenters. The molecule has 52 heavy (non-hydrogen) atoms. The van der Waals surface area contributed by atoms with Crippen LogP contribution in [0.15, 0.2) is 79.3 Å². The van der Waals surface area contributed by atoms with E-state index in [0.717, 1.165) is 82.5 Å². The van der Waals surface area contributed by atoms with Gasteiger partial charge >= 0.3 is 5.97 Å². The SMILES string of the molecule is Cc1c(COc2cc(OCc3cncc(C#N)c3)c(CN3CCCC[C@H]3C(=O)O)cc2Cl)cccc1-c1ccc2ncc(C3=CCNCC3)nc2c1. The molecule has 0 aliphatic carbocycles.